The van der Waals surface area contributed by atoms with Gasteiger partial charge in [0.25, 0.3) is 0 Å². The molecule has 10 heteroatoms. The van der Waals surface area contributed by atoms with Crippen LogP contribution >= 0.6 is 12.6 Å². The lowest BCUT2D eigenvalue weighted by atomic mass is 10.0. The summed E-state index contributed by atoms with van der Waals surface area (Å²) in [5.74, 6) is -3.31. The number of carboxylic acids is 2. The summed E-state index contributed by atoms with van der Waals surface area (Å²) in [6.07, 6.45) is 0.655. The van der Waals surface area contributed by atoms with Crippen LogP contribution < -0.4 is 16.4 Å². The number of carbonyl (C=O) groups excluding carboxylic acids is 2. The van der Waals surface area contributed by atoms with Gasteiger partial charge in [0.05, 0.1) is 0 Å². The molecule has 0 aliphatic carbocycles. The average molecular weight is 377 g/mol. The van der Waals surface area contributed by atoms with Gasteiger partial charge in [-0.1, -0.05) is 13.8 Å². The number of rotatable bonds is 12. The molecule has 0 aromatic rings. The molecular formula is C15H27N3O6S. The highest BCUT2D eigenvalue weighted by Crippen LogP contribution is 2.05. The standard InChI is InChI=1S/C15H27N3O6S/c1-8(2)12(15(23)24)18-13(20)10(6-7-25)17-11(19)5-3-4-9(16)14(21)22/h8-10,12,25H,3-7,16H2,1-2H3,(H,17,19)(H,18,20)(H,21,22)(H,23,24)/t9-,10-,12+/m0/s1. The maximum absolute atomic E-state index is 12.2. The summed E-state index contributed by atoms with van der Waals surface area (Å²) < 4.78 is 0. The van der Waals surface area contributed by atoms with E-state index in [0.717, 1.165) is 0 Å². The van der Waals surface area contributed by atoms with Crippen LogP contribution in [0, 0.1) is 5.92 Å². The van der Waals surface area contributed by atoms with Gasteiger partial charge >= 0.3 is 11.9 Å². The molecule has 25 heavy (non-hydrogen) atoms. The van der Waals surface area contributed by atoms with Gasteiger partial charge < -0.3 is 26.6 Å². The Hall–Kier alpha value is -1.81. The molecule has 0 bridgehead atoms. The second-order valence-electron chi connectivity index (χ2n) is 6.04. The number of nitrogens with two attached hydrogens (primary N) is 1. The van der Waals surface area contributed by atoms with Crippen molar-refractivity contribution in [2.45, 2.75) is 57.7 Å². The van der Waals surface area contributed by atoms with E-state index in [1.807, 2.05) is 0 Å². The van der Waals surface area contributed by atoms with Crippen molar-refractivity contribution in [2.75, 3.05) is 5.75 Å². The fourth-order valence-corrected chi connectivity index (χ4v) is 2.30. The predicted molar refractivity (Wildman–Crippen MR) is 94.3 cm³/mol. The monoisotopic (exact) mass is 377 g/mol. The minimum Gasteiger partial charge on any atom is -0.480 e. The Kier molecular flexibility index (Phi) is 10.8. The van der Waals surface area contributed by atoms with E-state index in [1.165, 1.54) is 0 Å². The van der Waals surface area contributed by atoms with Crippen LogP contribution in [-0.4, -0.2) is 57.8 Å². The zero-order valence-corrected chi connectivity index (χ0v) is 15.3. The summed E-state index contributed by atoms with van der Waals surface area (Å²) in [7, 11) is 0. The SMILES string of the molecule is CC(C)[C@@H](NC(=O)[C@H](CCS)NC(=O)CCC[C@H](N)C(=O)O)C(=O)O. The van der Waals surface area contributed by atoms with E-state index in [9.17, 15) is 19.2 Å². The molecule has 0 aliphatic heterocycles. The van der Waals surface area contributed by atoms with E-state index in [2.05, 4.69) is 23.3 Å². The molecule has 0 radical (unpaired) electrons. The van der Waals surface area contributed by atoms with Gasteiger partial charge in [-0.25, -0.2) is 4.79 Å². The normalized spacial score (nSPS) is 14.4. The van der Waals surface area contributed by atoms with E-state index < -0.39 is 41.9 Å². The molecule has 0 rings (SSSR count). The third kappa shape index (κ3) is 9.30. The quantitative estimate of drug-likeness (QED) is 0.252. The number of amides is 2. The highest BCUT2D eigenvalue weighted by Gasteiger charge is 2.28. The minimum atomic E-state index is -1.15. The third-order valence-electron chi connectivity index (χ3n) is 3.54. The van der Waals surface area contributed by atoms with Crippen LogP contribution in [0.1, 0.15) is 39.5 Å². The average Bonchev–Trinajstić information content (AvgIpc) is 2.50. The lowest BCUT2D eigenvalue weighted by Crippen LogP contribution is -2.53. The van der Waals surface area contributed by atoms with Gasteiger partial charge in [0.1, 0.15) is 18.1 Å². The molecule has 3 atom stereocenters. The first kappa shape index (κ1) is 23.2. The lowest BCUT2D eigenvalue weighted by Gasteiger charge is -2.23. The number of carbonyl (C=O) groups is 4. The van der Waals surface area contributed by atoms with Crippen molar-refractivity contribution in [2.24, 2.45) is 11.7 Å². The van der Waals surface area contributed by atoms with Crippen LogP contribution in [0.15, 0.2) is 0 Å². The van der Waals surface area contributed by atoms with Crippen molar-refractivity contribution >= 4 is 36.4 Å². The van der Waals surface area contributed by atoms with Gasteiger partial charge in [-0.05, 0) is 30.9 Å². The van der Waals surface area contributed by atoms with Gasteiger partial charge in [-0.15, -0.1) is 0 Å². The van der Waals surface area contributed by atoms with E-state index >= 15 is 0 Å². The van der Waals surface area contributed by atoms with Crippen molar-refractivity contribution in [3.8, 4) is 0 Å². The number of carboxylic acid groups (broad SMARTS) is 2. The van der Waals surface area contributed by atoms with E-state index in [4.69, 9.17) is 15.9 Å². The Morgan fingerprint density at radius 2 is 1.64 bits per heavy atom. The summed E-state index contributed by atoms with van der Waals surface area (Å²) in [5, 5.41) is 22.7. The zero-order chi connectivity index (χ0) is 19.6. The molecule has 0 unspecified atom stereocenters. The van der Waals surface area contributed by atoms with Gasteiger partial charge in [-0.2, -0.15) is 12.6 Å². The van der Waals surface area contributed by atoms with Gasteiger partial charge in [0, 0.05) is 6.42 Å². The van der Waals surface area contributed by atoms with Crippen molar-refractivity contribution in [1.29, 1.82) is 0 Å². The maximum Gasteiger partial charge on any atom is 0.326 e. The molecule has 9 nitrogen and oxygen atoms in total. The highest BCUT2D eigenvalue weighted by atomic mass is 32.1. The Morgan fingerprint density at radius 1 is 1.04 bits per heavy atom. The summed E-state index contributed by atoms with van der Waals surface area (Å²) >= 11 is 4.04. The van der Waals surface area contributed by atoms with Gasteiger partial charge in [0.15, 0.2) is 0 Å². The topological polar surface area (TPSA) is 159 Å². The van der Waals surface area contributed by atoms with Crippen molar-refractivity contribution in [1.82, 2.24) is 10.6 Å². The van der Waals surface area contributed by atoms with Crippen LogP contribution in [0.5, 0.6) is 0 Å². The second-order valence-corrected chi connectivity index (χ2v) is 6.49. The van der Waals surface area contributed by atoms with Crippen LogP contribution in [0.25, 0.3) is 0 Å². The van der Waals surface area contributed by atoms with Crippen LogP contribution in [0.2, 0.25) is 0 Å². The molecule has 0 aliphatic rings. The molecule has 144 valence electrons. The van der Waals surface area contributed by atoms with Crippen molar-refractivity contribution < 1.29 is 29.4 Å². The number of nitrogens with one attached hydrogen (secondary N) is 2. The van der Waals surface area contributed by atoms with E-state index in [-0.39, 0.29) is 31.6 Å². The molecule has 0 aromatic carbocycles. The van der Waals surface area contributed by atoms with Crippen LogP contribution in [0.3, 0.4) is 0 Å². The molecule has 0 saturated carbocycles. The van der Waals surface area contributed by atoms with Crippen LogP contribution in [-0.2, 0) is 19.2 Å². The summed E-state index contributed by atoms with van der Waals surface area (Å²) in [6.45, 7) is 3.33. The Morgan fingerprint density at radius 3 is 2.08 bits per heavy atom. The smallest absolute Gasteiger partial charge is 0.326 e. The first-order valence-electron chi connectivity index (χ1n) is 8.01. The first-order chi connectivity index (χ1) is 11.6. The Labute approximate surface area is 152 Å². The van der Waals surface area contributed by atoms with Gasteiger partial charge in [-0.3, -0.25) is 14.4 Å². The predicted octanol–water partition coefficient (Wildman–Crippen LogP) is -0.401. The molecule has 2 amide bonds. The number of aliphatic carboxylic acids is 2. The summed E-state index contributed by atoms with van der Waals surface area (Å²) in [4.78, 5) is 45.9. The van der Waals surface area contributed by atoms with E-state index in [0.29, 0.717) is 5.75 Å². The largest absolute Gasteiger partial charge is 0.480 e. The molecular weight excluding hydrogens is 350 g/mol. The Bertz CT molecular complexity index is 486. The summed E-state index contributed by atoms with van der Waals surface area (Å²) in [5.41, 5.74) is 5.35. The zero-order valence-electron chi connectivity index (χ0n) is 14.4. The molecule has 0 fully saturated rings. The van der Waals surface area contributed by atoms with Gasteiger partial charge in [0.2, 0.25) is 11.8 Å². The maximum atomic E-state index is 12.2. The fraction of sp³-hybridized carbons (Fsp3) is 0.733. The van der Waals surface area contributed by atoms with Crippen LogP contribution in [0.4, 0.5) is 0 Å². The van der Waals surface area contributed by atoms with Crippen molar-refractivity contribution in [3.05, 3.63) is 0 Å². The molecule has 0 saturated heterocycles. The first-order valence-corrected chi connectivity index (χ1v) is 8.65. The summed E-state index contributed by atoms with van der Waals surface area (Å²) in [6, 6.07) is -2.99. The fourth-order valence-electron chi connectivity index (χ4n) is 2.04. The lowest BCUT2D eigenvalue weighted by molar-refractivity contribution is -0.143. The molecule has 0 spiro atoms. The number of hydrogen-bond donors (Lipinski definition) is 6. The van der Waals surface area contributed by atoms with Crippen molar-refractivity contribution in [3.63, 3.8) is 0 Å². The molecule has 0 aromatic heterocycles. The highest BCUT2D eigenvalue weighted by molar-refractivity contribution is 7.80. The number of thiol groups is 1. The number of hydrogen-bond acceptors (Lipinski definition) is 6. The minimum absolute atomic E-state index is 0.0177. The molecule has 6 N–H and O–H groups in total. The second kappa shape index (κ2) is 11.7. The Balaban J connectivity index is 4.61. The third-order valence-corrected chi connectivity index (χ3v) is 3.79. The van der Waals surface area contributed by atoms with E-state index in [1.54, 1.807) is 13.8 Å². The molecule has 0 heterocycles.